The summed E-state index contributed by atoms with van der Waals surface area (Å²) in [4.78, 5) is 0. The maximum Gasteiger partial charge on any atom is 0.0691 e. The topological polar surface area (TPSA) is 29.9 Å². The van der Waals surface area contributed by atoms with Gasteiger partial charge in [-0.1, -0.05) is 46.3 Å². The van der Waals surface area contributed by atoms with Gasteiger partial charge >= 0.3 is 0 Å². The van der Waals surface area contributed by atoms with Crippen LogP contribution in [0, 0.1) is 0 Å². The molecule has 3 aromatic rings. The molecule has 0 spiro atoms. The summed E-state index contributed by atoms with van der Waals surface area (Å²) in [7, 11) is 1.95. The van der Waals surface area contributed by atoms with Crippen LogP contribution in [-0.2, 0) is 6.54 Å². The van der Waals surface area contributed by atoms with Crippen molar-refractivity contribution in [2.75, 3.05) is 7.05 Å². The molecule has 1 aromatic heterocycles. The quantitative estimate of drug-likeness (QED) is 0.776. The van der Waals surface area contributed by atoms with Gasteiger partial charge in [-0.15, -0.1) is 0 Å². The zero-order valence-corrected chi connectivity index (χ0v) is 13.3. The molecule has 1 N–H and O–H groups in total. The van der Waals surface area contributed by atoms with Gasteiger partial charge in [0.15, 0.2) is 0 Å². The Hall–Kier alpha value is -1.91. The lowest BCUT2D eigenvalue weighted by molar-refractivity contribution is 0.788. The highest BCUT2D eigenvalue weighted by atomic mass is 79.9. The van der Waals surface area contributed by atoms with Crippen LogP contribution in [0.2, 0.25) is 0 Å². The molecule has 0 radical (unpaired) electrons. The molecule has 0 amide bonds. The molecule has 0 aliphatic rings. The molecule has 0 aliphatic carbocycles. The van der Waals surface area contributed by atoms with Gasteiger partial charge in [0.25, 0.3) is 0 Å². The summed E-state index contributed by atoms with van der Waals surface area (Å²) in [6, 6.07) is 16.5. The van der Waals surface area contributed by atoms with Gasteiger partial charge in [-0.05, 0) is 36.4 Å². The predicted octanol–water partition coefficient (Wildman–Crippen LogP) is 4.02. The van der Waals surface area contributed by atoms with E-state index in [0.717, 1.165) is 22.3 Å². The summed E-state index contributed by atoms with van der Waals surface area (Å²) in [6.45, 7) is 0.801. The largest absolute Gasteiger partial charge is 0.316 e. The Morgan fingerprint density at radius 2 is 1.90 bits per heavy atom. The molecular weight excluding hydrogens is 326 g/mol. The van der Waals surface area contributed by atoms with Crippen LogP contribution < -0.4 is 5.32 Å². The fraction of sp³-hybridized carbons (Fsp3) is 0.118. The standard InChI is InChI=1S/C17H16BrN3/c1-19-10-14-9-16(18)7-8-17(14)21-12-15(11-20-21)13-5-3-2-4-6-13/h2-9,11-12,19H,10H2,1H3. The summed E-state index contributed by atoms with van der Waals surface area (Å²) in [6.07, 6.45) is 3.97. The second kappa shape index (κ2) is 6.24. The van der Waals surface area contributed by atoms with Gasteiger partial charge in [-0.2, -0.15) is 5.10 Å². The van der Waals surface area contributed by atoms with Crippen LogP contribution in [0.1, 0.15) is 5.56 Å². The molecule has 0 fully saturated rings. The van der Waals surface area contributed by atoms with Crippen molar-refractivity contribution >= 4 is 15.9 Å². The van der Waals surface area contributed by atoms with Crippen molar-refractivity contribution in [3.63, 3.8) is 0 Å². The Balaban J connectivity index is 2.00. The molecule has 3 nitrogen and oxygen atoms in total. The molecule has 0 saturated carbocycles. The van der Waals surface area contributed by atoms with Gasteiger partial charge in [0, 0.05) is 22.8 Å². The number of aromatic nitrogens is 2. The van der Waals surface area contributed by atoms with Crippen LogP contribution in [0.15, 0.2) is 65.4 Å². The Morgan fingerprint density at radius 3 is 2.67 bits per heavy atom. The summed E-state index contributed by atoms with van der Waals surface area (Å²) in [5, 5.41) is 7.71. The molecule has 106 valence electrons. The average Bonchev–Trinajstić information content (AvgIpc) is 2.98. The number of nitrogens with one attached hydrogen (secondary N) is 1. The predicted molar refractivity (Wildman–Crippen MR) is 89.5 cm³/mol. The van der Waals surface area contributed by atoms with E-state index in [9.17, 15) is 0 Å². The first kappa shape index (κ1) is 14.0. The Kier molecular flexibility index (Phi) is 4.18. The molecule has 3 rings (SSSR count). The Bertz CT molecular complexity index is 735. The molecule has 0 atom stereocenters. The third-order valence-corrected chi connectivity index (χ3v) is 3.84. The minimum Gasteiger partial charge on any atom is -0.316 e. The molecule has 0 aliphatic heterocycles. The first-order valence-corrected chi connectivity index (χ1v) is 7.61. The van der Waals surface area contributed by atoms with Gasteiger partial charge in [-0.25, -0.2) is 4.68 Å². The third-order valence-electron chi connectivity index (χ3n) is 3.35. The van der Waals surface area contributed by atoms with Crippen LogP contribution in [0.5, 0.6) is 0 Å². The van der Waals surface area contributed by atoms with Gasteiger partial charge in [0.05, 0.1) is 11.9 Å². The smallest absolute Gasteiger partial charge is 0.0691 e. The summed E-state index contributed by atoms with van der Waals surface area (Å²) in [5.41, 5.74) is 4.59. The molecule has 0 saturated heterocycles. The zero-order valence-electron chi connectivity index (χ0n) is 11.8. The van der Waals surface area contributed by atoms with E-state index in [2.05, 4.69) is 56.8 Å². The molecule has 2 aromatic carbocycles. The third kappa shape index (κ3) is 3.06. The van der Waals surface area contributed by atoms with Crippen molar-refractivity contribution in [3.05, 3.63) is 71.0 Å². The fourth-order valence-electron chi connectivity index (χ4n) is 2.34. The molecule has 1 heterocycles. The highest BCUT2D eigenvalue weighted by Crippen LogP contribution is 2.23. The van der Waals surface area contributed by atoms with Crippen molar-refractivity contribution in [1.82, 2.24) is 15.1 Å². The number of benzene rings is 2. The van der Waals surface area contributed by atoms with Crippen LogP contribution in [0.4, 0.5) is 0 Å². The number of hydrogen-bond donors (Lipinski definition) is 1. The summed E-state index contributed by atoms with van der Waals surface area (Å²) < 4.78 is 3.01. The van der Waals surface area contributed by atoms with E-state index in [0.29, 0.717) is 0 Å². The van der Waals surface area contributed by atoms with Crippen molar-refractivity contribution in [2.45, 2.75) is 6.54 Å². The summed E-state index contributed by atoms with van der Waals surface area (Å²) in [5.74, 6) is 0. The SMILES string of the molecule is CNCc1cc(Br)ccc1-n1cc(-c2ccccc2)cn1. The first-order chi connectivity index (χ1) is 10.3. The second-order valence-electron chi connectivity index (χ2n) is 4.84. The van der Waals surface area contributed by atoms with Gasteiger partial charge < -0.3 is 5.32 Å². The molecule has 21 heavy (non-hydrogen) atoms. The minimum absolute atomic E-state index is 0.801. The van der Waals surface area contributed by atoms with E-state index in [-0.39, 0.29) is 0 Å². The van der Waals surface area contributed by atoms with Crippen LogP contribution >= 0.6 is 15.9 Å². The number of nitrogens with zero attached hydrogens (tertiary/aromatic N) is 2. The van der Waals surface area contributed by atoms with E-state index in [1.165, 1.54) is 11.1 Å². The molecule has 4 heteroatoms. The van der Waals surface area contributed by atoms with Crippen molar-refractivity contribution < 1.29 is 0 Å². The number of rotatable bonds is 4. The van der Waals surface area contributed by atoms with Gasteiger partial charge in [-0.3, -0.25) is 0 Å². The van der Waals surface area contributed by atoms with Crippen LogP contribution in [0.3, 0.4) is 0 Å². The van der Waals surface area contributed by atoms with Crippen molar-refractivity contribution in [1.29, 1.82) is 0 Å². The lowest BCUT2D eigenvalue weighted by Crippen LogP contribution is -2.09. The van der Waals surface area contributed by atoms with Crippen molar-refractivity contribution in [2.24, 2.45) is 0 Å². The minimum atomic E-state index is 0.801. The molecule has 0 bridgehead atoms. The highest BCUT2D eigenvalue weighted by molar-refractivity contribution is 9.10. The highest BCUT2D eigenvalue weighted by Gasteiger charge is 2.08. The van der Waals surface area contributed by atoms with E-state index in [1.54, 1.807) is 0 Å². The summed E-state index contributed by atoms with van der Waals surface area (Å²) >= 11 is 3.52. The lowest BCUT2D eigenvalue weighted by atomic mass is 10.1. The van der Waals surface area contributed by atoms with E-state index in [1.807, 2.05) is 42.2 Å². The van der Waals surface area contributed by atoms with E-state index < -0.39 is 0 Å². The maximum absolute atomic E-state index is 4.51. The Labute approximate surface area is 132 Å². The second-order valence-corrected chi connectivity index (χ2v) is 5.76. The van der Waals surface area contributed by atoms with Crippen LogP contribution in [0.25, 0.3) is 16.8 Å². The molecular formula is C17H16BrN3. The van der Waals surface area contributed by atoms with Gasteiger partial charge in [0.1, 0.15) is 0 Å². The number of halogens is 1. The molecule has 0 unspecified atom stereocenters. The van der Waals surface area contributed by atoms with Crippen molar-refractivity contribution in [3.8, 4) is 16.8 Å². The number of hydrogen-bond acceptors (Lipinski definition) is 2. The first-order valence-electron chi connectivity index (χ1n) is 6.81. The lowest BCUT2D eigenvalue weighted by Gasteiger charge is -2.09. The average molecular weight is 342 g/mol. The maximum atomic E-state index is 4.51. The van der Waals surface area contributed by atoms with Crippen LogP contribution in [-0.4, -0.2) is 16.8 Å². The van der Waals surface area contributed by atoms with E-state index in [4.69, 9.17) is 0 Å². The zero-order chi connectivity index (χ0) is 14.7. The fourth-order valence-corrected chi connectivity index (χ4v) is 2.75. The Morgan fingerprint density at radius 1 is 1.10 bits per heavy atom. The normalized spacial score (nSPS) is 10.8. The van der Waals surface area contributed by atoms with Gasteiger partial charge in [0.2, 0.25) is 0 Å². The van der Waals surface area contributed by atoms with E-state index >= 15 is 0 Å². The monoisotopic (exact) mass is 341 g/mol.